The summed E-state index contributed by atoms with van der Waals surface area (Å²) >= 11 is 1.60. The highest BCUT2D eigenvalue weighted by Crippen LogP contribution is 2.36. The molecule has 0 radical (unpaired) electrons. The topological polar surface area (TPSA) is 97.5 Å². The van der Waals surface area contributed by atoms with Gasteiger partial charge in [-0.25, -0.2) is 10.1 Å². The van der Waals surface area contributed by atoms with Gasteiger partial charge in [0, 0.05) is 43.1 Å². The number of likely N-dealkylation sites (tertiary alicyclic amines) is 1. The fourth-order valence-electron chi connectivity index (χ4n) is 3.65. The van der Waals surface area contributed by atoms with E-state index < -0.39 is 5.60 Å². The van der Waals surface area contributed by atoms with E-state index in [9.17, 15) is 9.59 Å². The van der Waals surface area contributed by atoms with Crippen LogP contribution in [0.1, 0.15) is 57.2 Å². The molecule has 32 heavy (non-hydrogen) atoms. The molecule has 0 unspecified atom stereocenters. The molecule has 3 rings (SSSR count). The van der Waals surface area contributed by atoms with E-state index in [0.29, 0.717) is 44.1 Å². The molecule has 0 aromatic carbocycles. The Morgan fingerprint density at radius 1 is 1.31 bits per heavy atom. The van der Waals surface area contributed by atoms with Gasteiger partial charge in [-0.2, -0.15) is 0 Å². The number of ether oxygens (including phenoxy) is 1. The summed E-state index contributed by atoms with van der Waals surface area (Å²) in [5, 5.41) is 1.41. The maximum Gasteiger partial charge on any atom is 0.312 e. The van der Waals surface area contributed by atoms with E-state index in [0.717, 1.165) is 28.4 Å². The Hall–Kier alpha value is -2.23. The van der Waals surface area contributed by atoms with Crippen LogP contribution in [0.2, 0.25) is 0 Å². The summed E-state index contributed by atoms with van der Waals surface area (Å²) in [4.78, 5) is 39.5. The number of amides is 1. The molecule has 8 nitrogen and oxygen atoms in total. The first kappa shape index (κ1) is 24.4. The molecule has 0 atom stereocenters. The van der Waals surface area contributed by atoms with E-state index in [1.807, 2.05) is 46.8 Å². The average Bonchev–Trinajstić information content (AvgIpc) is 2.94. The molecule has 1 amide bonds. The summed E-state index contributed by atoms with van der Waals surface area (Å²) in [5.41, 5.74) is 7.02. The van der Waals surface area contributed by atoms with E-state index in [-0.39, 0.29) is 17.8 Å². The number of rotatable bonds is 8. The standard InChI is InChI=1S/C23H34N4O4S/c1-6-8-27(30-7-2)21(28)15-9-19-18(25-20(24)10-15)11-17(32-19)14-26-12-16(13-26)22(29)31-23(3,4)5/h9,11,16H,6-8,10,12-14H2,1-5H3,(H2,24,25). The lowest BCUT2D eigenvalue weighted by Gasteiger charge is -2.38. The number of esters is 1. The number of nitrogens with zero attached hydrogens (tertiary/aromatic N) is 3. The van der Waals surface area contributed by atoms with Crippen LogP contribution < -0.4 is 5.73 Å². The summed E-state index contributed by atoms with van der Waals surface area (Å²) in [6, 6.07) is 2.02. The van der Waals surface area contributed by atoms with Gasteiger partial charge in [0.1, 0.15) is 11.4 Å². The van der Waals surface area contributed by atoms with Gasteiger partial charge in [-0.1, -0.05) is 6.92 Å². The average molecular weight is 463 g/mol. The van der Waals surface area contributed by atoms with Crippen LogP contribution in [0.3, 0.4) is 0 Å². The number of carbonyl (C=O) groups is 2. The summed E-state index contributed by atoms with van der Waals surface area (Å²) in [5.74, 6) is 0.0326. The lowest BCUT2D eigenvalue weighted by molar-refractivity contribution is -0.180. The maximum atomic E-state index is 13.0. The third-order valence-corrected chi connectivity index (χ3v) is 6.08. The molecule has 2 aliphatic rings. The SMILES string of the molecule is CCCN(OCC)C(=O)C1=Cc2sc(CN3CC(C(=O)OC(C)(C)C)C3)cc2N=C(N)C1. The van der Waals surface area contributed by atoms with Crippen molar-refractivity contribution >= 4 is 40.8 Å². The molecular formula is C23H34N4O4S. The van der Waals surface area contributed by atoms with Crippen LogP contribution in [0.4, 0.5) is 5.69 Å². The van der Waals surface area contributed by atoms with Crippen molar-refractivity contribution in [2.75, 3.05) is 26.2 Å². The monoisotopic (exact) mass is 462 g/mol. The number of amidine groups is 1. The minimum absolute atomic E-state index is 0.0760. The maximum absolute atomic E-state index is 13.0. The molecule has 0 aliphatic carbocycles. The summed E-state index contributed by atoms with van der Waals surface area (Å²) in [7, 11) is 0. The Bertz CT molecular complexity index is 904. The molecule has 0 saturated carbocycles. The van der Waals surface area contributed by atoms with E-state index in [1.165, 1.54) is 5.06 Å². The molecule has 1 saturated heterocycles. The first-order chi connectivity index (χ1) is 15.1. The Labute approximate surface area is 194 Å². The van der Waals surface area contributed by atoms with Gasteiger partial charge in [-0.15, -0.1) is 11.3 Å². The van der Waals surface area contributed by atoms with E-state index in [4.69, 9.17) is 15.3 Å². The first-order valence-electron chi connectivity index (χ1n) is 11.2. The van der Waals surface area contributed by atoms with Crippen molar-refractivity contribution in [1.82, 2.24) is 9.96 Å². The fraction of sp³-hybridized carbons (Fsp3) is 0.609. The Kier molecular flexibility index (Phi) is 7.74. The summed E-state index contributed by atoms with van der Waals surface area (Å²) in [6.45, 7) is 12.6. The molecule has 2 N–H and O–H groups in total. The van der Waals surface area contributed by atoms with Gasteiger partial charge in [0.2, 0.25) is 0 Å². The highest BCUT2D eigenvalue weighted by molar-refractivity contribution is 7.13. The van der Waals surface area contributed by atoms with Crippen molar-refractivity contribution in [3.05, 3.63) is 21.4 Å². The molecule has 3 heterocycles. The second-order valence-electron chi connectivity index (χ2n) is 9.16. The second kappa shape index (κ2) is 10.1. The number of hydroxylamine groups is 2. The quantitative estimate of drug-likeness (QED) is 0.469. The number of carbonyl (C=O) groups excluding carboxylic acids is 2. The van der Waals surface area contributed by atoms with Crippen LogP contribution in [0.5, 0.6) is 0 Å². The Balaban J connectivity index is 1.67. The van der Waals surface area contributed by atoms with Crippen LogP contribution in [0, 0.1) is 5.92 Å². The highest BCUT2D eigenvalue weighted by atomic mass is 32.1. The smallest absolute Gasteiger partial charge is 0.312 e. The second-order valence-corrected chi connectivity index (χ2v) is 10.3. The fourth-order valence-corrected chi connectivity index (χ4v) is 4.76. The van der Waals surface area contributed by atoms with Gasteiger partial charge in [0.25, 0.3) is 5.91 Å². The van der Waals surface area contributed by atoms with Crippen molar-refractivity contribution < 1.29 is 19.2 Å². The highest BCUT2D eigenvalue weighted by Gasteiger charge is 2.36. The molecular weight excluding hydrogens is 428 g/mol. The third-order valence-electron chi connectivity index (χ3n) is 5.02. The van der Waals surface area contributed by atoms with Gasteiger partial charge in [-0.3, -0.25) is 19.3 Å². The van der Waals surface area contributed by atoms with Crippen LogP contribution in [0.25, 0.3) is 6.08 Å². The van der Waals surface area contributed by atoms with Gasteiger partial charge in [0.05, 0.1) is 23.1 Å². The normalized spacial score (nSPS) is 17.0. The number of fused-ring (bicyclic) bond motifs is 1. The summed E-state index contributed by atoms with van der Waals surface area (Å²) < 4.78 is 5.47. The lowest BCUT2D eigenvalue weighted by atomic mass is 10.00. The van der Waals surface area contributed by atoms with Gasteiger partial charge in [-0.05, 0) is 46.3 Å². The zero-order valence-corrected chi connectivity index (χ0v) is 20.5. The first-order valence-corrected chi connectivity index (χ1v) is 12.0. The Morgan fingerprint density at radius 2 is 2.03 bits per heavy atom. The van der Waals surface area contributed by atoms with Crippen LogP contribution in [-0.2, 0) is 25.7 Å². The molecule has 1 aromatic rings. The number of nitrogens with two attached hydrogens (primary N) is 1. The Morgan fingerprint density at radius 3 is 2.66 bits per heavy atom. The third kappa shape index (κ3) is 6.17. The molecule has 1 fully saturated rings. The van der Waals surface area contributed by atoms with E-state index in [1.54, 1.807) is 11.3 Å². The molecule has 0 bridgehead atoms. The molecule has 9 heteroatoms. The predicted octanol–water partition coefficient (Wildman–Crippen LogP) is 3.49. The van der Waals surface area contributed by atoms with Crippen LogP contribution >= 0.6 is 11.3 Å². The number of hydrogen-bond donors (Lipinski definition) is 1. The molecule has 2 aliphatic heterocycles. The molecule has 0 spiro atoms. The van der Waals surface area contributed by atoms with Gasteiger partial charge < -0.3 is 10.5 Å². The van der Waals surface area contributed by atoms with Gasteiger partial charge in [0.15, 0.2) is 0 Å². The van der Waals surface area contributed by atoms with E-state index in [2.05, 4.69) is 9.89 Å². The zero-order chi connectivity index (χ0) is 23.5. The molecule has 1 aromatic heterocycles. The van der Waals surface area contributed by atoms with Crippen molar-refractivity contribution in [3.8, 4) is 0 Å². The van der Waals surface area contributed by atoms with Crippen molar-refractivity contribution in [2.45, 2.75) is 59.6 Å². The van der Waals surface area contributed by atoms with Crippen molar-refractivity contribution in [1.29, 1.82) is 0 Å². The molecule has 176 valence electrons. The lowest BCUT2D eigenvalue weighted by Crippen LogP contribution is -2.51. The minimum Gasteiger partial charge on any atom is -0.460 e. The number of thiophene rings is 1. The van der Waals surface area contributed by atoms with Crippen LogP contribution in [-0.4, -0.2) is 59.5 Å². The number of hydrogen-bond acceptors (Lipinski definition) is 8. The largest absolute Gasteiger partial charge is 0.460 e. The summed E-state index contributed by atoms with van der Waals surface area (Å²) in [6.07, 6.45) is 2.99. The van der Waals surface area contributed by atoms with E-state index >= 15 is 0 Å². The van der Waals surface area contributed by atoms with Crippen molar-refractivity contribution in [2.24, 2.45) is 16.6 Å². The predicted molar refractivity (Wildman–Crippen MR) is 126 cm³/mol. The number of aliphatic imine (C=N–C) groups is 1. The minimum atomic E-state index is -0.461. The van der Waals surface area contributed by atoms with Crippen LogP contribution in [0.15, 0.2) is 16.6 Å². The van der Waals surface area contributed by atoms with Gasteiger partial charge >= 0.3 is 5.97 Å². The van der Waals surface area contributed by atoms with Crippen molar-refractivity contribution in [3.63, 3.8) is 0 Å². The zero-order valence-electron chi connectivity index (χ0n) is 19.6.